The van der Waals surface area contributed by atoms with Crippen molar-refractivity contribution in [2.75, 3.05) is 20.7 Å². The number of nitrogens with zero attached hydrogens (tertiary/aromatic N) is 3. The first-order valence-electron chi connectivity index (χ1n) is 6.04. The van der Waals surface area contributed by atoms with Crippen LogP contribution in [0.2, 0.25) is 0 Å². The fourth-order valence-electron chi connectivity index (χ4n) is 1.55. The molecule has 10 heteroatoms. The Morgan fingerprint density at radius 3 is 2.71 bits per heavy atom. The number of aromatic nitrogens is 2. The second kappa shape index (κ2) is 7.18. The van der Waals surface area contributed by atoms with E-state index in [2.05, 4.69) is 9.84 Å². The van der Waals surface area contributed by atoms with Gasteiger partial charge in [0, 0.05) is 26.2 Å². The number of carbonyl (C=O) groups excluding carboxylic acids is 1. The number of methoxy groups -OCH3 is 1. The Hall–Kier alpha value is -1.94. The van der Waals surface area contributed by atoms with Gasteiger partial charge in [0.1, 0.15) is 11.4 Å². The topological polar surface area (TPSA) is 119 Å². The van der Waals surface area contributed by atoms with E-state index in [4.69, 9.17) is 5.11 Å². The molecule has 0 fully saturated rings. The highest BCUT2D eigenvalue weighted by atomic mass is 32.2. The highest BCUT2D eigenvalue weighted by Gasteiger charge is 2.22. The maximum atomic E-state index is 12.2. The number of hydrogen-bond acceptors (Lipinski definition) is 6. The smallest absolute Gasteiger partial charge is 0.325 e. The molecule has 118 valence electrons. The second-order valence-electron chi connectivity index (χ2n) is 4.27. The molecule has 0 saturated carbocycles. The molecule has 0 aliphatic carbocycles. The maximum absolute atomic E-state index is 12.2. The van der Waals surface area contributed by atoms with Crippen LogP contribution >= 0.6 is 0 Å². The lowest BCUT2D eigenvalue weighted by Crippen LogP contribution is -2.28. The van der Waals surface area contributed by atoms with Crippen molar-refractivity contribution in [3.8, 4) is 0 Å². The van der Waals surface area contributed by atoms with Crippen LogP contribution in [0.4, 0.5) is 0 Å². The van der Waals surface area contributed by atoms with E-state index in [0.717, 1.165) is 21.4 Å². The average molecular weight is 319 g/mol. The molecule has 1 N–H and O–H groups in total. The Labute approximate surface area is 122 Å². The van der Waals surface area contributed by atoms with Gasteiger partial charge in [-0.15, -0.1) is 0 Å². The van der Waals surface area contributed by atoms with E-state index in [1.54, 1.807) is 0 Å². The minimum Gasteiger partial charge on any atom is -0.480 e. The quantitative estimate of drug-likeness (QED) is 0.644. The van der Waals surface area contributed by atoms with Gasteiger partial charge in [0.15, 0.2) is 0 Å². The van der Waals surface area contributed by atoms with Crippen LogP contribution in [0, 0.1) is 0 Å². The van der Waals surface area contributed by atoms with E-state index >= 15 is 0 Å². The molecule has 1 heterocycles. The molecule has 1 rings (SSSR count). The zero-order chi connectivity index (χ0) is 16.0. The fourth-order valence-corrected chi connectivity index (χ4v) is 2.72. The minimum absolute atomic E-state index is 0.0932. The third-order valence-electron chi connectivity index (χ3n) is 2.70. The van der Waals surface area contributed by atoms with Gasteiger partial charge < -0.3 is 9.84 Å². The largest absolute Gasteiger partial charge is 0.480 e. The van der Waals surface area contributed by atoms with Crippen LogP contribution in [0.1, 0.15) is 12.8 Å². The summed E-state index contributed by atoms with van der Waals surface area (Å²) in [5.74, 6) is -1.52. The molecule has 0 bridgehead atoms. The summed E-state index contributed by atoms with van der Waals surface area (Å²) in [6.45, 7) is -0.275. The lowest BCUT2D eigenvalue weighted by Gasteiger charge is -2.15. The van der Waals surface area contributed by atoms with Crippen LogP contribution in [-0.4, -0.2) is 60.3 Å². The Kier molecular flexibility index (Phi) is 5.85. The van der Waals surface area contributed by atoms with Crippen molar-refractivity contribution in [3.63, 3.8) is 0 Å². The third kappa shape index (κ3) is 4.83. The van der Waals surface area contributed by atoms with E-state index in [-0.39, 0.29) is 17.9 Å². The predicted octanol–water partition coefficient (Wildman–Crippen LogP) is -0.459. The monoisotopic (exact) mass is 319 g/mol. The molecule has 21 heavy (non-hydrogen) atoms. The van der Waals surface area contributed by atoms with Crippen molar-refractivity contribution in [1.82, 2.24) is 14.1 Å². The van der Waals surface area contributed by atoms with Gasteiger partial charge in [0.25, 0.3) is 0 Å². The molecule has 0 amide bonds. The summed E-state index contributed by atoms with van der Waals surface area (Å²) in [5.41, 5.74) is 0. The summed E-state index contributed by atoms with van der Waals surface area (Å²) < 4.78 is 30.9. The fraction of sp³-hybridized carbons (Fsp3) is 0.545. The van der Waals surface area contributed by atoms with Crippen molar-refractivity contribution in [1.29, 1.82) is 0 Å². The summed E-state index contributed by atoms with van der Waals surface area (Å²) in [6.07, 6.45) is 2.69. The number of hydrogen-bond donors (Lipinski definition) is 1. The number of carboxylic acid groups (broad SMARTS) is 1. The number of esters is 1. The highest BCUT2D eigenvalue weighted by Crippen LogP contribution is 2.13. The predicted molar refractivity (Wildman–Crippen MR) is 70.9 cm³/mol. The van der Waals surface area contributed by atoms with E-state index in [0.29, 0.717) is 6.42 Å². The van der Waals surface area contributed by atoms with Crippen LogP contribution in [0.5, 0.6) is 0 Å². The lowest BCUT2D eigenvalue weighted by atomic mass is 10.3. The molecule has 1 aromatic heterocycles. The van der Waals surface area contributed by atoms with E-state index in [9.17, 15) is 18.0 Å². The Bertz CT molecular complexity index is 609. The number of sulfonamides is 1. The van der Waals surface area contributed by atoms with Crippen molar-refractivity contribution >= 4 is 22.0 Å². The third-order valence-corrected chi connectivity index (χ3v) is 4.51. The summed E-state index contributed by atoms with van der Waals surface area (Å²) in [5, 5.41) is 12.3. The van der Waals surface area contributed by atoms with Crippen molar-refractivity contribution in [2.24, 2.45) is 0 Å². The summed E-state index contributed by atoms with van der Waals surface area (Å²) in [7, 11) is -1.11. The standard InChI is InChI=1S/C11H17N3O6S/c1-13(5-3-4-11(17)20-2)21(18,19)9-6-12-14(7-9)8-10(15)16/h6-7H,3-5,8H2,1-2H3,(H,15,16). The molecule has 0 unspecified atom stereocenters. The first-order chi connectivity index (χ1) is 9.77. The number of rotatable bonds is 8. The Balaban J connectivity index is 2.68. The van der Waals surface area contributed by atoms with Crippen LogP contribution in [-0.2, 0) is 30.9 Å². The molecule has 0 radical (unpaired) electrons. The van der Waals surface area contributed by atoms with Gasteiger partial charge in [0.05, 0.1) is 13.3 Å². The van der Waals surface area contributed by atoms with Gasteiger partial charge >= 0.3 is 11.9 Å². The number of aliphatic carboxylic acids is 1. The van der Waals surface area contributed by atoms with Crippen molar-refractivity contribution in [2.45, 2.75) is 24.3 Å². The van der Waals surface area contributed by atoms with E-state index < -0.39 is 28.5 Å². The molecule has 0 spiro atoms. The summed E-state index contributed by atoms with van der Waals surface area (Å²) >= 11 is 0. The number of carboxylic acids is 1. The summed E-state index contributed by atoms with van der Waals surface area (Å²) in [4.78, 5) is 21.4. The molecular weight excluding hydrogens is 302 g/mol. The SMILES string of the molecule is COC(=O)CCCN(C)S(=O)(=O)c1cnn(CC(=O)O)c1. The molecule has 0 saturated heterocycles. The zero-order valence-corrected chi connectivity index (χ0v) is 12.5. The van der Waals surface area contributed by atoms with Gasteiger partial charge in [0.2, 0.25) is 10.0 Å². The molecular formula is C11H17N3O6S. The number of ether oxygens (including phenoxy) is 1. The first-order valence-corrected chi connectivity index (χ1v) is 7.48. The van der Waals surface area contributed by atoms with Gasteiger partial charge in [-0.25, -0.2) is 12.7 Å². The molecule has 0 atom stereocenters. The van der Waals surface area contributed by atoms with Gasteiger partial charge in [-0.05, 0) is 6.42 Å². The average Bonchev–Trinajstić information content (AvgIpc) is 2.86. The first kappa shape index (κ1) is 17.1. The highest BCUT2D eigenvalue weighted by molar-refractivity contribution is 7.89. The van der Waals surface area contributed by atoms with Crippen LogP contribution in [0.15, 0.2) is 17.3 Å². The normalized spacial score (nSPS) is 11.6. The molecule has 9 nitrogen and oxygen atoms in total. The molecule has 1 aromatic rings. The number of carbonyl (C=O) groups is 2. The van der Waals surface area contributed by atoms with E-state index in [1.165, 1.54) is 14.2 Å². The molecule has 0 aliphatic rings. The lowest BCUT2D eigenvalue weighted by molar-refractivity contribution is -0.141. The van der Waals surface area contributed by atoms with Gasteiger partial charge in [-0.2, -0.15) is 5.10 Å². The van der Waals surface area contributed by atoms with Crippen LogP contribution < -0.4 is 0 Å². The van der Waals surface area contributed by atoms with Gasteiger partial charge in [-0.3, -0.25) is 14.3 Å². The Morgan fingerprint density at radius 1 is 1.48 bits per heavy atom. The second-order valence-corrected chi connectivity index (χ2v) is 6.32. The molecule has 0 aliphatic heterocycles. The van der Waals surface area contributed by atoms with Crippen molar-refractivity contribution in [3.05, 3.63) is 12.4 Å². The van der Waals surface area contributed by atoms with Crippen LogP contribution in [0.25, 0.3) is 0 Å². The van der Waals surface area contributed by atoms with Crippen molar-refractivity contribution < 1.29 is 27.9 Å². The Morgan fingerprint density at radius 2 is 2.14 bits per heavy atom. The van der Waals surface area contributed by atoms with Gasteiger partial charge in [-0.1, -0.05) is 0 Å². The minimum atomic E-state index is -3.75. The zero-order valence-electron chi connectivity index (χ0n) is 11.7. The maximum Gasteiger partial charge on any atom is 0.325 e. The van der Waals surface area contributed by atoms with E-state index in [1.807, 2.05) is 0 Å². The van der Waals surface area contributed by atoms with Crippen LogP contribution in [0.3, 0.4) is 0 Å². The summed E-state index contributed by atoms with van der Waals surface area (Å²) in [6, 6.07) is 0. The molecule has 0 aromatic carbocycles.